The molecular weight excluding hydrogens is 348 g/mol. The molecule has 1 saturated heterocycles. The Balaban J connectivity index is 0.00000196. The SMILES string of the molecule is Cl.c1coc(-c2ccc(Cc3ccc(OC[C@H]4CCCN4)cc3)cc2)n1. The van der Waals surface area contributed by atoms with Gasteiger partial charge in [-0.25, -0.2) is 4.98 Å². The number of oxazole rings is 1. The van der Waals surface area contributed by atoms with Gasteiger partial charge in [0.25, 0.3) is 0 Å². The van der Waals surface area contributed by atoms with E-state index in [-0.39, 0.29) is 12.4 Å². The van der Waals surface area contributed by atoms with Crippen LogP contribution in [0.3, 0.4) is 0 Å². The van der Waals surface area contributed by atoms with E-state index < -0.39 is 0 Å². The largest absolute Gasteiger partial charge is 0.492 e. The van der Waals surface area contributed by atoms with E-state index in [2.05, 4.69) is 46.7 Å². The first-order chi connectivity index (χ1) is 12.4. The van der Waals surface area contributed by atoms with Crippen LogP contribution in [0, 0.1) is 0 Å². The molecule has 4 rings (SSSR count). The van der Waals surface area contributed by atoms with Crippen molar-refractivity contribution in [2.45, 2.75) is 25.3 Å². The Labute approximate surface area is 160 Å². The Hall–Kier alpha value is -2.30. The lowest BCUT2D eigenvalue weighted by atomic mass is 10.0. The van der Waals surface area contributed by atoms with Gasteiger partial charge >= 0.3 is 0 Å². The highest BCUT2D eigenvalue weighted by Crippen LogP contribution is 2.20. The van der Waals surface area contributed by atoms with Crippen LogP contribution >= 0.6 is 12.4 Å². The van der Waals surface area contributed by atoms with Gasteiger partial charge in [0.05, 0.1) is 6.20 Å². The minimum Gasteiger partial charge on any atom is -0.492 e. The van der Waals surface area contributed by atoms with Crippen LogP contribution in [0.5, 0.6) is 5.75 Å². The molecule has 1 atom stereocenters. The number of benzene rings is 2. The minimum atomic E-state index is 0. The van der Waals surface area contributed by atoms with Gasteiger partial charge < -0.3 is 14.5 Å². The number of nitrogens with one attached hydrogen (secondary N) is 1. The summed E-state index contributed by atoms with van der Waals surface area (Å²) in [5.74, 6) is 1.60. The molecule has 1 N–H and O–H groups in total. The van der Waals surface area contributed by atoms with Crippen molar-refractivity contribution in [2.75, 3.05) is 13.2 Å². The second-order valence-electron chi connectivity index (χ2n) is 6.46. The zero-order chi connectivity index (χ0) is 16.9. The Morgan fingerprint density at radius 2 is 1.77 bits per heavy atom. The first-order valence-corrected chi connectivity index (χ1v) is 8.81. The second kappa shape index (κ2) is 8.88. The molecular formula is C21H23ClN2O2. The Kier molecular flexibility index (Phi) is 6.31. The predicted molar refractivity (Wildman–Crippen MR) is 105 cm³/mol. The average molecular weight is 371 g/mol. The normalized spacial score (nSPS) is 16.2. The standard InChI is InChI=1S/C21H22N2O2.ClH/c1-2-19(22-11-1)15-25-20-9-5-17(6-10-20)14-16-3-7-18(8-4-16)21-23-12-13-24-21;/h3-10,12-13,19,22H,1-2,11,14-15H2;1H/t19-;/m1./s1. The molecule has 1 aromatic heterocycles. The fourth-order valence-corrected chi connectivity index (χ4v) is 3.17. The maximum absolute atomic E-state index is 5.87. The number of rotatable bonds is 6. The lowest BCUT2D eigenvalue weighted by Gasteiger charge is -2.12. The van der Waals surface area contributed by atoms with Crippen LogP contribution in [0.15, 0.2) is 65.4 Å². The Morgan fingerprint density at radius 3 is 2.38 bits per heavy atom. The molecule has 1 fully saturated rings. The summed E-state index contributed by atoms with van der Waals surface area (Å²) in [5.41, 5.74) is 3.53. The first-order valence-electron chi connectivity index (χ1n) is 8.81. The molecule has 0 saturated carbocycles. The molecule has 1 aliphatic heterocycles. The molecule has 0 aliphatic carbocycles. The molecule has 0 unspecified atom stereocenters. The molecule has 0 bridgehead atoms. The average Bonchev–Trinajstić information content (AvgIpc) is 3.36. The van der Waals surface area contributed by atoms with Gasteiger partial charge in [-0.1, -0.05) is 24.3 Å². The highest BCUT2D eigenvalue weighted by molar-refractivity contribution is 5.85. The third-order valence-corrected chi connectivity index (χ3v) is 4.58. The lowest BCUT2D eigenvalue weighted by molar-refractivity contribution is 0.277. The van der Waals surface area contributed by atoms with Crippen LogP contribution in [-0.2, 0) is 6.42 Å². The second-order valence-corrected chi connectivity index (χ2v) is 6.46. The topological polar surface area (TPSA) is 47.3 Å². The van der Waals surface area contributed by atoms with Gasteiger partial charge in [-0.3, -0.25) is 0 Å². The zero-order valence-electron chi connectivity index (χ0n) is 14.6. The molecule has 5 heteroatoms. The van der Waals surface area contributed by atoms with Crippen LogP contribution in [0.2, 0.25) is 0 Å². The van der Waals surface area contributed by atoms with Crippen molar-refractivity contribution in [3.05, 3.63) is 72.1 Å². The van der Waals surface area contributed by atoms with Crippen LogP contribution in [0.25, 0.3) is 11.5 Å². The van der Waals surface area contributed by atoms with Gasteiger partial charge in [0.2, 0.25) is 5.89 Å². The summed E-state index contributed by atoms with van der Waals surface area (Å²) in [4.78, 5) is 4.17. The highest BCUT2D eigenvalue weighted by atomic mass is 35.5. The predicted octanol–water partition coefficient (Wildman–Crippen LogP) is 4.49. The van der Waals surface area contributed by atoms with E-state index in [1.54, 1.807) is 12.5 Å². The zero-order valence-corrected chi connectivity index (χ0v) is 15.4. The fourth-order valence-electron chi connectivity index (χ4n) is 3.17. The monoisotopic (exact) mass is 370 g/mol. The van der Waals surface area contributed by atoms with Crippen molar-refractivity contribution < 1.29 is 9.15 Å². The quantitative estimate of drug-likeness (QED) is 0.694. The Bertz CT molecular complexity index is 780. The van der Waals surface area contributed by atoms with Crippen LogP contribution in [-0.4, -0.2) is 24.2 Å². The molecule has 2 aromatic carbocycles. The van der Waals surface area contributed by atoms with Crippen molar-refractivity contribution in [2.24, 2.45) is 0 Å². The summed E-state index contributed by atoms with van der Waals surface area (Å²) < 4.78 is 11.2. The number of nitrogens with zero attached hydrogens (tertiary/aromatic N) is 1. The number of halogens is 1. The highest BCUT2D eigenvalue weighted by Gasteiger charge is 2.14. The van der Waals surface area contributed by atoms with E-state index in [4.69, 9.17) is 9.15 Å². The van der Waals surface area contributed by atoms with Crippen LogP contribution in [0.1, 0.15) is 24.0 Å². The third-order valence-electron chi connectivity index (χ3n) is 4.58. The van der Waals surface area contributed by atoms with Crippen molar-refractivity contribution in [1.82, 2.24) is 10.3 Å². The summed E-state index contributed by atoms with van der Waals surface area (Å²) in [5, 5.41) is 3.45. The number of hydrogen-bond donors (Lipinski definition) is 1. The summed E-state index contributed by atoms with van der Waals surface area (Å²) in [6.07, 6.45) is 6.62. The van der Waals surface area contributed by atoms with Crippen molar-refractivity contribution in [3.8, 4) is 17.2 Å². The van der Waals surface area contributed by atoms with E-state index in [0.29, 0.717) is 11.9 Å². The molecule has 136 valence electrons. The van der Waals surface area contributed by atoms with Gasteiger partial charge in [0.1, 0.15) is 18.6 Å². The van der Waals surface area contributed by atoms with E-state index in [1.807, 2.05) is 12.1 Å². The summed E-state index contributed by atoms with van der Waals surface area (Å²) in [6.45, 7) is 1.86. The molecule has 4 nitrogen and oxygen atoms in total. The van der Waals surface area contributed by atoms with Gasteiger partial charge in [0.15, 0.2) is 0 Å². The van der Waals surface area contributed by atoms with Gasteiger partial charge in [-0.15, -0.1) is 12.4 Å². The first kappa shape index (κ1) is 18.5. The van der Waals surface area contributed by atoms with Crippen LogP contribution in [0.4, 0.5) is 0 Å². The molecule has 0 radical (unpaired) electrons. The molecule has 26 heavy (non-hydrogen) atoms. The van der Waals surface area contributed by atoms with E-state index >= 15 is 0 Å². The summed E-state index contributed by atoms with van der Waals surface area (Å²) >= 11 is 0. The van der Waals surface area contributed by atoms with Crippen molar-refractivity contribution in [3.63, 3.8) is 0 Å². The van der Waals surface area contributed by atoms with Crippen molar-refractivity contribution in [1.29, 1.82) is 0 Å². The van der Waals surface area contributed by atoms with Crippen molar-refractivity contribution >= 4 is 12.4 Å². The fraction of sp³-hybridized carbons (Fsp3) is 0.286. The van der Waals surface area contributed by atoms with Crippen LogP contribution < -0.4 is 10.1 Å². The van der Waals surface area contributed by atoms with Gasteiger partial charge in [0, 0.05) is 11.6 Å². The van der Waals surface area contributed by atoms with E-state index in [9.17, 15) is 0 Å². The molecule has 2 heterocycles. The summed E-state index contributed by atoms with van der Waals surface area (Å²) in [7, 11) is 0. The van der Waals surface area contributed by atoms with Gasteiger partial charge in [-0.2, -0.15) is 0 Å². The molecule has 0 amide bonds. The number of ether oxygens (including phenoxy) is 1. The maximum Gasteiger partial charge on any atom is 0.225 e. The lowest BCUT2D eigenvalue weighted by Crippen LogP contribution is -2.28. The van der Waals surface area contributed by atoms with Gasteiger partial charge in [-0.05, 0) is 61.2 Å². The third kappa shape index (κ3) is 4.65. The smallest absolute Gasteiger partial charge is 0.225 e. The molecule has 3 aromatic rings. The summed E-state index contributed by atoms with van der Waals surface area (Å²) in [6, 6.07) is 17.2. The molecule has 1 aliphatic rings. The molecule has 0 spiro atoms. The maximum atomic E-state index is 5.87. The minimum absolute atomic E-state index is 0. The Morgan fingerprint density at radius 1 is 1.04 bits per heavy atom. The van der Waals surface area contributed by atoms with E-state index in [1.165, 1.54) is 24.0 Å². The van der Waals surface area contributed by atoms with E-state index in [0.717, 1.165) is 30.9 Å². The number of hydrogen-bond acceptors (Lipinski definition) is 4. The number of aromatic nitrogens is 1.